The van der Waals surface area contributed by atoms with Crippen molar-refractivity contribution in [1.29, 1.82) is 0 Å². The lowest BCUT2D eigenvalue weighted by Gasteiger charge is -2.14. The largest absolute Gasteiger partial charge is 0.272 e. The Morgan fingerprint density at radius 2 is 1.79 bits per heavy atom. The molecule has 24 heavy (non-hydrogen) atoms. The van der Waals surface area contributed by atoms with Crippen molar-refractivity contribution in [2.75, 3.05) is 5.75 Å². The molecule has 1 aliphatic rings. The van der Waals surface area contributed by atoms with E-state index in [2.05, 4.69) is 21.9 Å². The van der Waals surface area contributed by atoms with Crippen molar-refractivity contribution in [1.82, 2.24) is 10.9 Å². The predicted molar refractivity (Wildman–Crippen MR) is 99.3 cm³/mol. The van der Waals surface area contributed by atoms with Crippen LogP contribution in [0.25, 0.3) is 0 Å². The lowest BCUT2D eigenvalue weighted by molar-refractivity contribution is -0.119. The maximum absolute atomic E-state index is 11.9. The van der Waals surface area contributed by atoms with Crippen molar-refractivity contribution in [3.8, 4) is 0 Å². The highest BCUT2D eigenvalue weighted by Crippen LogP contribution is 2.34. The number of amides is 2. The molecule has 0 aromatic heterocycles. The first-order chi connectivity index (χ1) is 11.7. The Labute approximate surface area is 148 Å². The highest BCUT2D eigenvalue weighted by Gasteiger charge is 2.14. The monoisotopic (exact) mass is 357 g/mol. The first-order valence-electron chi connectivity index (χ1n) is 7.29. The van der Waals surface area contributed by atoms with Gasteiger partial charge in [0.25, 0.3) is 5.91 Å². The molecule has 0 unspecified atom stereocenters. The number of carbonyl (C=O) groups excluding carboxylic acids is 2. The molecule has 5 nitrogen and oxygen atoms in total. The molecule has 7 heteroatoms. The summed E-state index contributed by atoms with van der Waals surface area (Å²) in [6.07, 6.45) is 0. The molecular formula is C17H15N3O2S2. The number of hydrazine groups is 1. The molecule has 2 aromatic rings. The van der Waals surface area contributed by atoms with E-state index in [-0.39, 0.29) is 17.6 Å². The molecule has 0 saturated carbocycles. The molecule has 0 saturated heterocycles. The van der Waals surface area contributed by atoms with Gasteiger partial charge in [-0.15, -0.1) is 0 Å². The number of nitrogens with one attached hydrogen (secondary N) is 2. The zero-order chi connectivity index (χ0) is 16.8. The molecule has 2 aromatic carbocycles. The number of hydrogen-bond acceptors (Lipinski definition) is 5. The minimum absolute atomic E-state index is 0.197. The maximum atomic E-state index is 11.9. The summed E-state index contributed by atoms with van der Waals surface area (Å²) >= 11 is 2.98. The Morgan fingerprint density at radius 3 is 2.62 bits per heavy atom. The van der Waals surface area contributed by atoms with Crippen LogP contribution < -0.4 is 10.9 Å². The van der Waals surface area contributed by atoms with Gasteiger partial charge in [-0.1, -0.05) is 59.9 Å². The fourth-order valence-electron chi connectivity index (χ4n) is 2.04. The summed E-state index contributed by atoms with van der Waals surface area (Å²) in [5, 5.41) is 0. The van der Waals surface area contributed by atoms with Gasteiger partial charge in [0.05, 0.1) is 11.4 Å². The van der Waals surface area contributed by atoms with E-state index in [4.69, 9.17) is 0 Å². The summed E-state index contributed by atoms with van der Waals surface area (Å²) in [6.45, 7) is 0. The summed E-state index contributed by atoms with van der Waals surface area (Å²) in [7, 11) is 0. The number of para-hydroxylation sites is 1. The van der Waals surface area contributed by atoms with Gasteiger partial charge in [-0.05, 0) is 23.8 Å². The number of thioether (sulfide) groups is 2. The molecule has 0 atom stereocenters. The third-order valence-electron chi connectivity index (χ3n) is 3.23. The molecule has 0 spiro atoms. The van der Waals surface area contributed by atoms with Crippen LogP contribution in [0.2, 0.25) is 0 Å². The Balaban J connectivity index is 1.47. The topological polar surface area (TPSA) is 70.6 Å². The third-order valence-corrected chi connectivity index (χ3v) is 5.48. The van der Waals surface area contributed by atoms with Gasteiger partial charge < -0.3 is 0 Å². The second kappa shape index (κ2) is 8.03. The van der Waals surface area contributed by atoms with Crippen LogP contribution in [-0.4, -0.2) is 21.9 Å². The molecule has 1 heterocycles. The van der Waals surface area contributed by atoms with Gasteiger partial charge in [0.2, 0.25) is 5.91 Å². The van der Waals surface area contributed by atoms with E-state index in [9.17, 15) is 9.59 Å². The summed E-state index contributed by atoms with van der Waals surface area (Å²) < 4.78 is 0.859. The Hall–Kier alpha value is -2.25. The van der Waals surface area contributed by atoms with Gasteiger partial charge >= 0.3 is 0 Å². The zero-order valence-corrected chi connectivity index (χ0v) is 14.3. The highest BCUT2D eigenvalue weighted by molar-refractivity contribution is 8.38. The van der Waals surface area contributed by atoms with Crippen molar-refractivity contribution in [2.45, 2.75) is 5.75 Å². The molecule has 0 aliphatic carbocycles. The minimum Gasteiger partial charge on any atom is -0.272 e. The zero-order valence-electron chi connectivity index (χ0n) is 12.7. The van der Waals surface area contributed by atoms with E-state index in [1.165, 1.54) is 17.3 Å². The number of fused-ring (bicyclic) bond motifs is 1. The third kappa shape index (κ3) is 4.39. The van der Waals surface area contributed by atoms with Crippen LogP contribution in [0.3, 0.4) is 0 Å². The van der Waals surface area contributed by atoms with Gasteiger partial charge in [-0.2, -0.15) is 0 Å². The Morgan fingerprint density at radius 1 is 1.04 bits per heavy atom. The average Bonchev–Trinajstić information content (AvgIpc) is 2.65. The van der Waals surface area contributed by atoms with Crippen LogP contribution in [0.15, 0.2) is 59.6 Å². The van der Waals surface area contributed by atoms with Gasteiger partial charge in [0, 0.05) is 11.3 Å². The number of hydrogen-bond donors (Lipinski definition) is 2. The van der Waals surface area contributed by atoms with Gasteiger partial charge in [0.1, 0.15) is 4.38 Å². The molecule has 0 fully saturated rings. The number of carbonyl (C=O) groups is 2. The fraction of sp³-hybridized carbons (Fsp3) is 0.118. The van der Waals surface area contributed by atoms with Gasteiger partial charge in [-0.25, -0.2) is 4.99 Å². The fourth-order valence-corrected chi connectivity index (χ4v) is 3.90. The predicted octanol–water partition coefficient (Wildman–Crippen LogP) is 3.12. The number of aliphatic imine (C=N–C) groups is 1. The van der Waals surface area contributed by atoms with Crippen LogP contribution in [0, 0.1) is 0 Å². The normalized spacial score (nSPS) is 12.8. The van der Waals surface area contributed by atoms with Crippen molar-refractivity contribution in [3.63, 3.8) is 0 Å². The van der Waals surface area contributed by atoms with Gasteiger partial charge in [0.15, 0.2) is 0 Å². The molecule has 1 aliphatic heterocycles. The van der Waals surface area contributed by atoms with Crippen LogP contribution >= 0.6 is 23.5 Å². The van der Waals surface area contributed by atoms with Crippen LogP contribution in [-0.2, 0) is 10.5 Å². The standard InChI is InChI=1S/C17H15N3O2S2/c21-15(19-20-16(22)12-6-2-1-3-7-12)11-24-17-18-14-9-5-4-8-13(14)10-23-17/h1-9H,10-11H2,(H,19,21)(H,20,22). The lowest BCUT2D eigenvalue weighted by atomic mass is 10.2. The second-order valence-corrected chi connectivity index (χ2v) is 7.14. The minimum atomic E-state index is -0.341. The molecular weight excluding hydrogens is 342 g/mol. The SMILES string of the molecule is O=C(CSC1=Nc2ccccc2CS1)NNC(=O)c1ccccc1. The Bertz CT molecular complexity index is 778. The van der Waals surface area contributed by atoms with Gasteiger partial charge in [-0.3, -0.25) is 20.4 Å². The molecule has 2 N–H and O–H groups in total. The van der Waals surface area contributed by atoms with Crippen molar-refractivity contribution >= 4 is 45.4 Å². The van der Waals surface area contributed by atoms with Crippen molar-refractivity contribution in [2.24, 2.45) is 4.99 Å². The summed E-state index contributed by atoms with van der Waals surface area (Å²) in [6, 6.07) is 16.7. The second-order valence-electron chi connectivity index (χ2n) is 4.95. The Kier molecular flexibility index (Phi) is 5.55. The number of rotatable bonds is 3. The lowest BCUT2D eigenvalue weighted by Crippen LogP contribution is -2.42. The highest BCUT2D eigenvalue weighted by atomic mass is 32.2. The first kappa shape index (κ1) is 16.6. The first-order valence-corrected chi connectivity index (χ1v) is 9.26. The van der Waals surface area contributed by atoms with E-state index < -0.39 is 0 Å². The van der Waals surface area contributed by atoms with Crippen molar-refractivity contribution in [3.05, 3.63) is 65.7 Å². The quantitative estimate of drug-likeness (QED) is 0.828. The molecule has 0 bridgehead atoms. The van der Waals surface area contributed by atoms with E-state index >= 15 is 0 Å². The van der Waals surface area contributed by atoms with Crippen LogP contribution in [0.4, 0.5) is 5.69 Å². The summed E-state index contributed by atoms with van der Waals surface area (Å²) in [5.74, 6) is 0.441. The molecule has 122 valence electrons. The number of nitrogens with zero attached hydrogens (tertiary/aromatic N) is 1. The molecule has 2 amide bonds. The van der Waals surface area contributed by atoms with E-state index in [0.29, 0.717) is 5.56 Å². The van der Waals surface area contributed by atoms with Crippen LogP contribution in [0.1, 0.15) is 15.9 Å². The average molecular weight is 357 g/mol. The number of benzene rings is 2. The maximum Gasteiger partial charge on any atom is 0.269 e. The summed E-state index contributed by atoms with van der Waals surface area (Å²) in [4.78, 5) is 28.2. The van der Waals surface area contributed by atoms with Crippen molar-refractivity contribution < 1.29 is 9.59 Å². The van der Waals surface area contributed by atoms with Crippen LogP contribution in [0.5, 0.6) is 0 Å². The molecule has 0 radical (unpaired) electrons. The van der Waals surface area contributed by atoms with E-state index in [1.54, 1.807) is 36.0 Å². The molecule has 3 rings (SSSR count). The summed E-state index contributed by atoms with van der Waals surface area (Å²) in [5.41, 5.74) is 7.47. The van der Waals surface area contributed by atoms with E-state index in [0.717, 1.165) is 15.8 Å². The van der Waals surface area contributed by atoms with E-state index in [1.807, 2.05) is 24.3 Å². The smallest absolute Gasteiger partial charge is 0.269 e.